The van der Waals surface area contributed by atoms with Crippen LogP contribution in [0, 0.1) is 0 Å². The lowest BCUT2D eigenvalue weighted by atomic mass is 9.89. The maximum absolute atomic E-state index is 12.3. The van der Waals surface area contributed by atoms with Gasteiger partial charge in [0.2, 0.25) is 5.91 Å². The third-order valence-corrected chi connectivity index (χ3v) is 4.40. The number of aryl methyl sites for hydroxylation is 1. The molecule has 0 spiro atoms. The van der Waals surface area contributed by atoms with Gasteiger partial charge in [0.15, 0.2) is 0 Å². The van der Waals surface area contributed by atoms with Gasteiger partial charge in [0.25, 0.3) is 0 Å². The Hall–Kier alpha value is -1.36. The fraction of sp³-hybridized carbons (Fsp3) is 0.714. The molecule has 0 fully saturated rings. The topological polar surface area (TPSA) is 72.9 Å². The summed E-state index contributed by atoms with van der Waals surface area (Å²) in [5, 5.41) is 7.41. The molecule has 0 radical (unpaired) electrons. The molecule has 1 aromatic rings. The van der Waals surface area contributed by atoms with Gasteiger partial charge in [-0.1, -0.05) is 13.8 Å². The standard InChI is InChI=1S/C14H24N4O/c1-4-14(15,5-2)13(19)17-11-7-6-8-12-10(11)9-16-18(12)3/h9,11H,4-8,15H2,1-3H3,(H,17,19). The van der Waals surface area contributed by atoms with Gasteiger partial charge in [-0.15, -0.1) is 0 Å². The molecule has 1 aliphatic rings. The van der Waals surface area contributed by atoms with Gasteiger partial charge in [-0.05, 0) is 32.1 Å². The summed E-state index contributed by atoms with van der Waals surface area (Å²) in [4.78, 5) is 12.3. The zero-order chi connectivity index (χ0) is 14.0. The van der Waals surface area contributed by atoms with E-state index in [0.29, 0.717) is 12.8 Å². The minimum absolute atomic E-state index is 0.0424. The highest BCUT2D eigenvalue weighted by Gasteiger charge is 2.33. The van der Waals surface area contributed by atoms with Crippen LogP contribution in [0.5, 0.6) is 0 Å². The number of hydrogen-bond donors (Lipinski definition) is 2. The Kier molecular flexibility index (Phi) is 3.94. The van der Waals surface area contributed by atoms with Gasteiger partial charge in [0.05, 0.1) is 17.8 Å². The van der Waals surface area contributed by atoms with Crippen LogP contribution in [0.3, 0.4) is 0 Å². The summed E-state index contributed by atoms with van der Waals surface area (Å²) >= 11 is 0. The minimum atomic E-state index is -0.750. The molecule has 1 aliphatic carbocycles. The third kappa shape index (κ3) is 2.52. The Morgan fingerprint density at radius 3 is 2.89 bits per heavy atom. The second kappa shape index (κ2) is 5.33. The van der Waals surface area contributed by atoms with E-state index in [-0.39, 0.29) is 11.9 Å². The first-order valence-electron chi connectivity index (χ1n) is 7.12. The van der Waals surface area contributed by atoms with Crippen molar-refractivity contribution in [1.82, 2.24) is 15.1 Å². The number of amides is 1. The highest BCUT2D eigenvalue weighted by Crippen LogP contribution is 2.29. The number of nitrogens with two attached hydrogens (primary N) is 1. The molecule has 2 rings (SSSR count). The summed E-state index contributed by atoms with van der Waals surface area (Å²) in [6, 6.07) is 0.0611. The second-order valence-corrected chi connectivity index (χ2v) is 5.45. The first kappa shape index (κ1) is 14.1. The van der Waals surface area contributed by atoms with Gasteiger partial charge in [-0.3, -0.25) is 9.48 Å². The van der Waals surface area contributed by atoms with Crippen molar-refractivity contribution in [2.24, 2.45) is 12.8 Å². The molecule has 0 bridgehead atoms. The first-order valence-corrected chi connectivity index (χ1v) is 7.12. The highest BCUT2D eigenvalue weighted by molar-refractivity contribution is 5.86. The predicted molar refractivity (Wildman–Crippen MR) is 74.5 cm³/mol. The molecular weight excluding hydrogens is 240 g/mol. The summed E-state index contributed by atoms with van der Waals surface area (Å²) in [5.41, 5.74) is 7.78. The third-order valence-electron chi connectivity index (χ3n) is 4.40. The van der Waals surface area contributed by atoms with E-state index in [0.717, 1.165) is 24.8 Å². The van der Waals surface area contributed by atoms with Gasteiger partial charge in [0.1, 0.15) is 0 Å². The number of nitrogens with one attached hydrogen (secondary N) is 1. The molecule has 19 heavy (non-hydrogen) atoms. The molecule has 1 amide bonds. The van der Waals surface area contributed by atoms with Crippen LogP contribution in [0.15, 0.2) is 6.20 Å². The fourth-order valence-corrected chi connectivity index (χ4v) is 2.73. The maximum atomic E-state index is 12.3. The quantitative estimate of drug-likeness (QED) is 0.864. The number of aromatic nitrogens is 2. The Labute approximate surface area is 114 Å². The van der Waals surface area contributed by atoms with Gasteiger partial charge in [0, 0.05) is 18.3 Å². The van der Waals surface area contributed by atoms with Crippen molar-refractivity contribution in [1.29, 1.82) is 0 Å². The number of carbonyl (C=O) groups excluding carboxylic acids is 1. The molecule has 1 unspecified atom stereocenters. The van der Waals surface area contributed by atoms with Crippen LogP contribution >= 0.6 is 0 Å². The van der Waals surface area contributed by atoms with Crippen LogP contribution in [0.1, 0.15) is 56.8 Å². The number of fused-ring (bicyclic) bond motifs is 1. The fourth-order valence-electron chi connectivity index (χ4n) is 2.73. The summed E-state index contributed by atoms with van der Waals surface area (Å²) in [5.74, 6) is -0.0424. The Balaban J connectivity index is 2.15. The van der Waals surface area contributed by atoms with Crippen LogP contribution in [0.2, 0.25) is 0 Å². The van der Waals surface area contributed by atoms with Gasteiger partial charge in [-0.25, -0.2) is 0 Å². The zero-order valence-corrected chi connectivity index (χ0v) is 12.1. The Bertz CT molecular complexity index is 462. The van der Waals surface area contributed by atoms with E-state index >= 15 is 0 Å². The van der Waals surface area contributed by atoms with Gasteiger partial charge < -0.3 is 11.1 Å². The molecule has 5 heteroatoms. The van der Waals surface area contributed by atoms with Crippen molar-refractivity contribution >= 4 is 5.91 Å². The van der Waals surface area contributed by atoms with Crippen LogP contribution in [0.4, 0.5) is 0 Å². The summed E-state index contributed by atoms with van der Waals surface area (Å²) in [6.07, 6.45) is 6.26. The molecular formula is C14H24N4O. The normalized spacial score (nSPS) is 19.1. The first-order chi connectivity index (χ1) is 9.01. The van der Waals surface area contributed by atoms with Crippen LogP contribution < -0.4 is 11.1 Å². The monoisotopic (exact) mass is 264 g/mol. The molecule has 1 heterocycles. The molecule has 1 atom stereocenters. The van der Waals surface area contributed by atoms with Crippen LogP contribution in [-0.4, -0.2) is 21.2 Å². The van der Waals surface area contributed by atoms with E-state index in [1.54, 1.807) is 0 Å². The maximum Gasteiger partial charge on any atom is 0.240 e. The SMILES string of the molecule is CCC(N)(CC)C(=O)NC1CCCc2c1cnn2C. The number of hydrogen-bond acceptors (Lipinski definition) is 3. The van der Waals surface area contributed by atoms with E-state index in [9.17, 15) is 4.79 Å². The molecule has 0 aromatic carbocycles. The largest absolute Gasteiger partial charge is 0.348 e. The Morgan fingerprint density at radius 2 is 2.26 bits per heavy atom. The number of carbonyl (C=O) groups is 1. The van der Waals surface area contributed by atoms with Crippen LogP contribution in [-0.2, 0) is 18.3 Å². The van der Waals surface area contributed by atoms with Crippen molar-refractivity contribution < 1.29 is 4.79 Å². The van der Waals surface area contributed by atoms with Crippen LogP contribution in [0.25, 0.3) is 0 Å². The molecule has 3 N–H and O–H groups in total. The Morgan fingerprint density at radius 1 is 1.58 bits per heavy atom. The number of nitrogens with zero attached hydrogens (tertiary/aromatic N) is 2. The van der Waals surface area contributed by atoms with Gasteiger partial charge >= 0.3 is 0 Å². The van der Waals surface area contributed by atoms with E-state index in [4.69, 9.17) is 5.73 Å². The summed E-state index contributed by atoms with van der Waals surface area (Å²) in [7, 11) is 1.95. The lowest BCUT2D eigenvalue weighted by molar-refractivity contribution is -0.127. The average Bonchev–Trinajstić information content (AvgIpc) is 2.81. The summed E-state index contributed by atoms with van der Waals surface area (Å²) < 4.78 is 1.91. The molecule has 106 valence electrons. The highest BCUT2D eigenvalue weighted by atomic mass is 16.2. The molecule has 0 saturated heterocycles. The van der Waals surface area contributed by atoms with E-state index < -0.39 is 5.54 Å². The number of rotatable bonds is 4. The minimum Gasteiger partial charge on any atom is -0.348 e. The van der Waals surface area contributed by atoms with E-state index in [1.165, 1.54) is 5.69 Å². The van der Waals surface area contributed by atoms with Crippen molar-refractivity contribution in [3.63, 3.8) is 0 Å². The lowest BCUT2D eigenvalue weighted by Gasteiger charge is -2.30. The van der Waals surface area contributed by atoms with E-state index in [1.807, 2.05) is 31.8 Å². The second-order valence-electron chi connectivity index (χ2n) is 5.45. The predicted octanol–water partition coefficient (Wildman–Crippen LogP) is 1.43. The van der Waals surface area contributed by atoms with Crippen molar-refractivity contribution in [2.45, 2.75) is 57.5 Å². The van der Waals surface area contributed by atoms with Crippen molar-refractivity contribution in [3.8, 4) is 0 Å². The van der Waals surface area contributed by atoms with Gasteiger partial charge in [-0.2, -0.15) is 5.10 Å². The molecule has 5 nitrogen and oxygen atoms in total. The molecule has 1 aromatic heterocycles. The molecule has 0 aliphatic heterocycles. The zero-order valence-electron chi connectivity index (χ0n) is 12.1. The lowest BCUT2D eigenvalue weighted by Crippen LogP contribution is -2.54. The smallest absolute Gasteiger partial charge is 0.240 e. The summed E-state index contributed by atoms with van der Waals surface area (Å²) in [6.45, 7) is 3.92. The molecule has 0 saturated carbocycles. The van der Waals surface area contributed by atoms with E-state index in [2.05, 4.69) is 10.4 Å². The average molecular weight is 264 g/mol. The van der Waals surface area contributed by atoms with Crippen molar-refractivity contribution in [3.05, 3.63) is 17.5 Å². The van der Waals surface area contributed by atoms with Crippen molar-refractivity contribution in [2.75, 3.05) is 0 Å².